The molecule has 13 rings (SSSR count). The van der Waals surface area contributed by atoms with E-state index in [2.05, 4.69) is 200 Å². The van der Waals surface area contributed by atoms with Crippen LogP contribution in [-0.2, 0) is 77.0 Å². The van der Waals surface area contributed by atoms with Crippen molar-refractivity contribution in [3.63, 3.8) is 0 Å². The van der Waals surface area contributed by atoms with E-state index in [0.717, 1.165) is 25.7 Å². The molecule has 0 nitrogen and oxygen atoms in total. The topological polar surface area (TPSA) is 0 Å². The highest BCUT2D eigenvalue weighted by molar-refractivity contribution is 6.11. The van der Waals surface area contributed by atoms with Gasteiger partial charge in [0.25, 0.3) is 0 Å². The number of benzene rings is 10. The molecule has 0 saturated carbocycles. The highest BCUT2D eigenvalue weighted by Crippen LogP contribution is 2.39. The molecule has 0 aliphatic heterocycles. The summed E-state index contributed by atoms with van der Waals surface area (Å²) in [6.07, 6.45) is 34.1. The van der Waals surface area contributed by atoms with Gasteiger partial charge in [0.1, 0.15) is 0 Å². The number of fused-ring (bicyclic) bond motifs is 8. The normalized spacial score (nSPS) is 12.7. The smallest absolute Gasteiger partial charge is 0.0102 e. The van der Waals surface area contributed by atoms with Crippen LogP contribution in [0.15, 0.2) is 171 Å². The first-order valence-corrected chi connectivity index (χ1v) is 33.5. The monoisotopic (exact) mass is 1130 g/mol. The molecule has 0 N–H and O–H groups in total. The lowest BCUT2D eigenvalue weighted by Gasteiger charge is -2.20. The molecule has 0 unspecified atom stereocenters. The summed E-state index contributed by atoms with van der Waals surface area (Å²) in [4.78, 5) is 0. The average molecular weight is 1130 g/mol. The van der Waals surface area contributed by atoms with Crippen LogP contribution in [0.2, 0.25) is 0 Å². The van der Waals surface area contributed by atoms with Crippen LogP contribution in [0.3, 0.4) is 0 Å². The average Bonchev–Trinajstić information content (AvgIpc) is 1.51. The van der Waals surface area contributed by atoms with E-state index < -0.39 is 0 Å². The predicted octanol–water partition coefficient (Wildman–Crippen LogP) is 23.2. The summed E-state index contributed by atoms with van der Waals surface area (Å²) in [5.74, 6) is 0. The van der Waals surface area contributed by atoms with Crippen LogP contribution >= 0.6 is 0 Å². The largest absolute Gasteiger partial charge is 0.103 e. The van der Waals surface area contributed by atoms with E-state index in [1.54, 1.807) is 55.6 Å². The number of hydrogen-bond donors (Lipinski definition) is 0. The highest BCUT2D eigenvalue weighted by Gasteiger charge is 2.18. The van der Waals surface area contributed by atoms with Crippen LogP contribution in [0, 0.1) is 41.5 Å². The Hall–Kier alpha value is -7.28. The second kappa shape index (κ2) is 28.5. The number of allylic oxidation sites excluding steroid dienone is 2. The fourth-order valence-electron chi connectivity index (χ4n) is 14.5. The second-order valence-corrected chi connectivity index (χ2v) is 26.2. The Kier molecular flexibility index (Phi) is 20.0. The molecule has 0 spiro atoms. The van der Waals surface area contributed by atoms with E-state index >= 15 is 0 Å². The summed E-state index contributed by atoms with van der Waals surface area (Å²) in [5, 5.41) is 11.3. The quantitative estimate of drug-likeness (QED) is 0.0259. The standard InChI is InChI=1S/C34H42.C28H34.C24H20/c1-25-21-32(12-8-4-6-10-28-14-16-30-18-20-34(30)24-28)26(2)22-31(25)11-7-3-5-9-27-13-15-29-17-19-33(29)23-27;1-5-7-9-11-13-23-24(14-12-10-8-6-2)28-20-22(4)16-18-26(28)25-17-15-21(3)19-27(23)25;1-15-21-5-3-4-6-22(21)16(2)24-14-20(11-12-23(15)24)19-10-8-17-7-9-18(17)13-19/h13-16,21-24H,3-12,17-20H2,1-2H3;5-6,15-20H,1-2,7-14H2,3-4H3;3-6,8,10-14H,7,9H2,1-2H3. The second-order valence-electron chi connectivity index (χ2n) is 26.2. The molecular weight excluding hydrogens is 1030 g/mol. The van der Waals surface area contributed by atoms with E-state index in [-0.39, 0.29) is 0 Å². The summed E-state index contributed by atoms with van der Waals surface area (Å²) in [6, 6.07) is 56.0. The molecule has 0 heterocycles. The molecule has 10 aromatic rings. The van der Waals surface area contributed by atoms with Crippen LogP contribution in [0.1, 0.15) is 177 Å². The highest BCUT2D eigenvalue weighted by atomic mass is 14.2. The van der Waals surface area contributed by atoms with Gasteiger partial charge in [-0.2, -0.15) is 0 Å². The van der Waals surface area contributed by atoms with Gasteiger partial charge in [-0.25, -0.2) is 0 Å². The molecule has 0 bridgehead atoms. The Balaban J connectivity index is 0.000000136. The first-order chi connectivity index (χ1) is 42.0. The molecule has 0 aromatic heterocycles. The summed E-state index contributed by atoms with van der Waals surface area (Å²) in [7, 11) is 0. The van der Waals surface area contributed by atoms with E-state index in [0.29, 0.717) is 0 Å². The Morgan fingerprint density at radius 1 is 0.302 bits per heavy atom. The Bertz CT molecular complexity index is 3890. The SMILES string of the molecule is C=CCCCCc1c(CCCCC=C)c2cc(C)ccc2c2ccc(C)cc12.Cc1c2ccccc2c(C)c2cc(-c3ccc4c(c3)CC4)ccc12.Cc1cc(CCCCCc2ccc3c(c2)CC3)c(C)cc1CCCCCc1ccc2c(c1)CC2. The van der Waals surface area contributed by atoms with Gasteiger partial charge in [-0.15, -0.1) is 13.2 Å². The molecule has 0 heteroatoms. The van der Waals surface area contributed by atoms with Crippen molar-refractivity contribution < 1.29 is 0 Å². The minimum Gasteiger partial charge on any atom is -0.103 e. The minimum atomic E-state index is 1.11. The van der Waals surface area contributed by atoms with Gasteiger partial charge in [-0.3, -0.25) is 0 Å². The summed E-state index contributed by atoms with van der Waals surface area (Å²) < 4.78 is 0. The Morgan fingerprint density at radius 2 is 0.698 bits per heavy atom. The van der Waals surface area contributed by atoms with E-state index in [1.165, 1.54) is 227 Å². The fourth-order valence-corrected chi connectivity index (χ4v) is 14.5. The van der Waals surface area contributed by atoms with Crippen LogP contribution in [0.4, 0.5) is 0 Å². The third kappa shape index (κ3) is 14.1. The van der Waals surface area contributed by atoms with Gasteiger partial charge in [0.2, 0.25) is 0 Å². The minimum absolute atomic E-state index is 1.11. The molecule has 0 saturated heterocycles. The van der Waals surface area contributed by atoms with Gasteiger partial charge in [-0.1, -0.05) is 176 Å². The van der Waals surface area contributed by atoms with Crippen molar-refractivity contribution >= 4 is 43.1 Å². The van der Waals surface area contributed by atoms with Crippen LogP contribution in [0.5, 0.6) is 0 Å². The van der Waals surface area contributed by atoms with Crippen molar-refractivity contribution in [1.82, 2.24) is 0 Å². The maximum Gasteiger partial charge on any atom is -0.0102 e. The van der Waals surface area contributed by atoms with Crippen LogP contribution < -0.4 is 0 Å². The Labute approximate surface area is 517 Å². The lowest BCUT2D eigenvalue weighted by Crippen LogP contribution is -2.08. The molecule has 440 valence electrons. The van der Waals surface area contributed by atoms with E-state index in [9.17, 15) is 0 Å². The van der Waals surface area contributed by atoms with Crippen molar-refractivity contribution in [2.45, 2.75) is 196 Å². The van der Waals surface area contributed by atoms with Gasteiger partial charge in [0.05, 0.1) is 0 Å². The van der Waals surface area contributed by atoms with Crippen molar-refractivity contribution in [3.8, 4) is 11.1 Å². The van der Waals surface area contributed by atoms with Crippen molar-refractivity contribution in [1.29, 1.82) is 0 Å². The molecule has 0 atom stereocenters. The van der Waals surface area contributed by atoms with Gasteiger partial charge in [-0.05, 0) is 332 Å². The molecule has 10 aromatic carbocycles. The predicted molar refractivity (Wildman–Crippen MR) is 376 cm³/mol. The van der Waals surface area contributed by atoms with Crippen LogP contribution in [0.25, 0.3) is 54.2 Å². The lowest BCUT2D eigenvalue weighted by molar-refractivity contribution is 0.670. The summed E-state index contributed by atoms with van der Waals surface area (Å²) >= 11 is 0. The van der Waals surface area contributed by atoms with Gasteiger partial charge < -0.3 is 0 Å². The van der Waals surface area contributed by atoms with Gasteiger partial charge in [0.15, 0.2) is 0 Å². The Morgan fingerprint density at radius 3 is 1.15 bits per heavy atom. The van der Waals surface area contributed by atoms with Crippen molar-refractivity contribution in [3.05, 3.63) is 271 Å². The maximum absolute atomic E-state index is 3.88. The van der Waals surface area contributed by atoms with Gasteiger partial charge in [0, 0.05) is 0 Å². The van der Waals surface area contributed by atoms with E-state index in [4.69, 9.17) is 0 Å². The zero-order valence-electron chi connectivity index (χ0n) is 53.4. The molecule has 86 heavy (non-hydrogen) atoms. The summed E-state index contributed by atoms with van der Waals surface area (Å²) in [5.41, 5.74) is 30.0. The third-order valence-electron chi connectivity index (χ3n) is 20.1. The number of aryl methyl sites for hydroxylation is 18. The van der Waals surface area contributed by atoms with Crippen LogP contribution in [-0.4, -0.2) is 0 Å². The number of rotatable bonds is 23. The number of unbranched alkanes of at least 4 members (excludes halogenated alkanes) is 8. The first-order valence-electron chi connectivity index (χ1n) is 33.5. The molecule has 3 aliphatic rings. The third-order valence-corrected chi connectivity index (χ3v) is 20.1. The molecular formula is C86H96. The van der Waals surface area contributed by atoms with Crippen molar-refractivity contribution in [2.75, 3.05) is 0 Å². The zero-order valence-corrected chi connectivity index (χ0v) is 53.4. The maximum atomic E-state index is 3.88. The zero-order chi connectivity index (χ0) is 59.5. The molecule has 0 fully saturated rings. The molecule has 0 amide bonds. The molecule has 0 radical (unpaired) electrons. The lowest BCUT2D eigenvalue weighted by atomic mass is 9.85. The first kappa shape index (κ1) is 60.4. The molecule has 3 aliphatic carbocycles. The van der Waals surface area contributed by atoms with E-state index in [1.807, 2.05) is 12.2 Å². The number of hydrogen-bond acceptors (Lipinski definition) is 0. The van der Waals surface area contributed by atoms with Crippen molar-refractivity contribution in [2.24, 2.45) is 0 Å². The summed E-state index contributed by atoms with van der Waals surface area (Å²) in [6.45, 7) is 21.3. The van der Waals surface area contributed by atoms with Gasteiger partial charge >= 0.3 is 0 Å². The fraction of sp³-hybridized carbons (Fsp3) is 0.349.